The van der Waals surface area contributed by atoms with Crippen molar-refractivity contribution in [1.29, 1.82) is 0 Å². The summed E-state index contributed by atoms with van der Waals surface area (Å²) in [5.74, 6) is 0. The Morgan fingerprint density at radius 3 is 1.86 bits per heavy atom. The molecular weight excluding hydrogens is 374 g/mol. The molecule has 4 heteroatoms. The van der Waals surface area contributed by atoms with Crippen molar-refractivity contribution >= 4 is 21.6 Å². The van der Waals surface area contributed by atoms with Gasteiger partial charge >= 0.3 is 0 Å². The molecule has 4 aromatic rings. The number of hydrogen-bond donors (Lipinski definition) is 0. The average molecular weight is 412 g/mol. The van der Waals surface area contributed by atoms with Crippen LogP contribution < -0.4 is 0 Å². The molecule has 4 rings (SSSR count). The summed E-state index contributed by atoms with van der Waals surface area (Å²) < 4.78 is 3.15. The highest BCUT2D eigenvalue weighted by atomic mass is 32.1. The van der Waals surface area contributed by atoms with Crippen LogP contribution in [0.1, 0.15) is 61.1 Å². The molecule has 0 bridgehead atoms. The van der Waals surface area contributed by atoms with Crippen molar-refractivity contribution in [2.45, 2.75) is 62.3 Å². The summed E-state index contributed by atoms with van der Waals surface area (Å²) in [6.07, 6.45) is 0. The molecular formula is C25H37N3S. The predicted octanol–water partition coefficient (Wildman–Crippen LogP) is 8.56. The minimum atomic E-state index is 0.928. The van der Waals surface area contributed by atoms with E-state index in [0.717, 1.165) is 27.6 Å². The maximum atomic E-state index is 4.71. The molecule has 0 aliphatic heterocycles. The van der Waals surface area contributed by atoms with Gasteiger partial charge in [-0.1, -0.05) is 85.7 Å². The van der Waals surface area contributed by atoms with Gasteiger partial charge in [0.2, 0.25) is 0 Å². The van der Waals surface area contributed by atoms with Crippen molar-refractivity contribution in [3.8, 4) is 16.4 Å². The van der Waals surface area contributed by atoms with Gasteiger partial charge in [0.25, 0.3) is 0 Å². The van der Waals surface area contributed by atoms with Crippen LogP contribution in [0.25, 0.3) is 26.6 Å². The van der Waals surface area contributed by atoms with Gasteiger partial charge in [-0.25, -0.2) is 9.67 Å². The first-order chi connectivity index (χ1) is 14.3. The van der Waals surface area contributed by atoms with Crippen molar-refractivity contribution in [3.05, 3.63) is 66.4 Å². The van der Waals surface area contributed by atoms with Crippen LogP contribution in [0.5, 0.6) is 0 Å². The third kappa shape index (κ3) is 7.13. The smallest absolute Gasteiger partial charge is 0.145 e. The molecule has 29 heavy (non-hydrogen) atoms. The van der Waals surface area contributed by atoms with E-state index >= 15 is 0 Å². The predicted molar refractivity (Wildman–Crippen MR) is 132 cm³/mol. The van der Waals surface area contributed by atoms with Crippen LogP contribution in [0.2, 0.25) is 0 Å². The zero-order valence-corrected chi connectivity index (χ0v) is 20.3. The molecule has 2 aromatic carbocycles. The topological polar surface area (TPSA) is 30.7 Å². The Labute approximate surface area is 181 Å². The second kappa shape index (κ2) is 15.5. The second-order valence-electron chi connectivity index (χ2n) is 4.91. The number of nitrogens with zero attached hydrogens (tertiary/aromatic N) is 3. The maximum Gasteiger partial charge on any atom is 0.145 e. The standard InChI is InChI=1S/C17H13N3S.4C2H6/c1-12-11-15(19-20(12)13-7-3-2-4-8-13)17-18-14-9-5-6-10-16(14)21-17;4*1-2/h2-11H,1H3;4*1-2H3. The monoisotopic (exact) mass is 411 g/mol. The lowest BCUT2D eigenvalue weighted by atomic mass is 10.3. The van der Waals surface area contributed by atoms with Crippen molar-refractivity contribution < 1.29 is 0 Å². The van der Waals surface area contributed by atoms with Gasteiger partial charge in [0, 0.05) is 5.69 Å². The van der Waals surface area contributed by atoms with Crippen LogP contribution >= 0.6 is 11.3 Å². The molecule has 0 saturated carbocycles. The molecule has 2 aromatic heterocycles. The summed E-state index contributed by atoms with van der Waals surface area (Å²) >= 11 is 1.68. The largest absolute Gasteiger partial charge is 0.237 e. The molecule has 158 valence electrons. The summed E-state index contributed by atoms with van der Waals surface area (Å²) in [6, 6.07) is 20.4. The SMILES string of the molecule is CC.CC.CC.CC.Cc1cc(-c2nc3ccccc3s2)nn1-c1ccccc1. The molecule has 0 saturated heterocycles. The lowest BCUT2D eigenvalue weighted by Gasteiger charge is -2.02. The van der Waals surface area contributed by atoms with E-state index in [1.54, 1.807) is 11.3 Å². The fraction of sp³-hybridized carbons (Fsp3) is 0.360. The Hall–Kier alpha value is -2.46. The zero-order chi connectivity index (χ0) is 22.2. The van der Waals surface area contributed by atoms with Gasteiger partial charge in [-0.3, -0.25) is 0 Å². The first-order valence-corrected chi connectivity index (χ1v) is 11.6. The van der Waals surface area contributed by atoms with Crippen LogP contribution in [0, 0.1) is 6.92 Å². The number of thiazole rings is 1. The summed E-state index contributed by atoms with van der Waals surface area (Å²) in [6.45, 7) is 18.1. The Balaban J connectivity index is 0.000000881. The summed E-state index contributed by atoms with van der Waals surface area (Å²) in [7, 11) is 0. The minimum absolute atomic E-state index is 0.928. The van der Waals surface area contributed by atoms with E-state index in [2.05, 4.69) is 36.2 Å². The van der Waals surface area contributed by atoms with Gasteiger partial charge in [-0.05, 0) is 37.3 Å². The van der Waals surface area contributed by atoms with Crippen LogP contribution in [-0.2, 0) is 0 Å². The van der Waals surface area contributed by atoms with Gasteiger partial charge in [-0.2, -0.15) is 5.10 Å². The molecule has 0 radical (unpaired) electrons. The number of aryl methyl sites for hydroxylation is 1. The highest BCUT2D eigenvalue weighted by molar-refractivity contribution is 7.21. The Bertz CT molecular complexity index is 875. The minimum Gasteiger partial charge on any atom is -0.237 e. The first-order valence-electron chi connectivity index (χ1n) is 10.8. The lowest BCUT2D eigenvalue weighted by molar-refractivity contribution is 0.850. The number of fused-ring (bicyclic) bond motifs is 1. The Morgan fingerprint density at radius 1 is 0.724 bits per heavy atom. The molecule has 0 unspecified atom stereocenters. The third-order valence-electron chi connectivity index (χ3n) is 3.40. The van der Waals surface area contributed by atoms with E-state index in [1.807, 2.05) is 96.5 Å². The number of benzene rings is 2. The van der Waals surface area contributed by atoms with E-state index in [4.69, 9.17) is 5.10 Å². The van der Waals surface area contributed by atoms with Crippen LogP contribution in [0.4, 0.5) is 0 Å². The van der Waals surface area contributed by atoms with E-state index in [9.17, 15) is 0 Å². The Morgan fingerprint density at radius 2 is 1.28 bits per heavy atom. The van der Waals surface area contributed by atoms with E-state index < -0.39 is 0 Å². The molecule has 0 aliphatic rings. The van der Waals surface area contributed by atoms with Gasteiger partial charge in [0.05, 0.1) is 15.9 Å². The molecule has 0 fully saturated rings. The van der Waals surface area contributed by atoms with Gasteiger partial charge in [0.1, 0.15) is 10.7 Å². The molecule has 3 nitrogen and oxygen atoms in total. The fourth-order valence-electron chi connectivity index (χ4n) is 2.39. The normalized spacial score (nSPS) is 8.86. The first kappa shape index (κ1) is 26.5. The van der Waals surface area contributed by atoms with Crippen LogP contribution in [0.15, 0.2) is 60.7 Å². The number of para-hydroxylation sites is 2. The van der Waals surface area contributed by atoms with Crippen molar-refractivity contribution in [2.24, 2.45) is 0 Å². The lowest BCUT2D eigenvalue weighted by Crippen LogP contribution is -1.97. The van der Waals surface area contributed by atoms with E-state index in [-0.39, 0.29) is 0 Å². The third-order valence-corrected chi connectivity index (χ3v) is 4.46. The van der Waals surface area contributed by atoms with Crippen molar-refractivity contribution in [3.63, 3.8) is 0 Å². The van der Waals surface area contributed by atoms with Gasteiger partial charge in [0.15, 0.2) is 0 Å². The molecule has 0 N–H and O–H groups in total. The molecule has 0 aliphatic carbocycles. The van der Waals surface area contributed by atoms with E-state index in [0.29, 0.717) is 0 Å². The van der Waals surface area contributed by atoms with Crippen molar-refractivity contribution in [2.75, 3.05) is 0 Å². The Kier molecular flexibility index (Phi) is 14.1. The van der Waals surface area contributed by atoms with Crippen LogP contribution in [0.3, 0.4) is 0 Å². The maximum absolute atomic E-state index is 4.71. The average Bonchev–Trinajstić information content (AvgIpc) is 3.43. The highest BCUT2D eigenvalue weighted by Crippen LogP contribution is 2.30. The molecule has 0 amide bonds. The molecule has 2 heterocycles. The van der Waals surface area contributed by atoms with Gasteiger partial charge in [-0.15, -0.1) is 11.3 Å². The number of hydrogen-bond acceptors (Lipinski definition) is 3. The summed E-state index contributed by atoms with van der Waals surface area (Å²) in [5.41, 5.74) is 4.14. The fourth-order valence-corrected chi connectivity index (χ4v) is 3.31. The highest BCUT2D eigenvalue weighted by Gasteiger charge is 2.12. The van der Waals surface area contributed by atoms with Crippen LogP contribution in [-0.4, -0.2) is 14.8 Å². The molecule has 0 spiro atoms. The summed E-state index contributed by atoms with van der Waals surface area (Å²) in [4.78, 5) is 4.67. The second-order valence-corrected chi connectivity index (χ2v) is 5.94. The quantitative estimate of drug-likeness (QED) is 0.331. The number of aromatic nitrogens is 3. The molecule has 0 atom stereocenters. The zero-order valence-electron chi connectivity index (χ0n) is 19.5. The van der Waals surface area contributed by atoms with Gasteiger partial charge < -0.3 is 0 Å². The number of rotatable bonds is 2. The van der Waals surface area contributed by atoms with E-state index in [1.165, 1.54) is 4.70 Å². The van der Waals surface area contributed by atoms with Crippen molar-refractivity contribution in [1.82, 2.24) is 14.8 Å². The summed E-state index contributed by atoms with van der Waals surface area (Å²) in [5, 5.41) is 5.68.